The lowest BCUT2D eigenvalue weighted by Crippen LogP contribution is -2.54. The molecule has 5 nitrogen and oxygen atoms in total. The van der Waals surface area contributed by atoms with Gasteiger partial charge in [-0.05, 0) is 56.9 Å². The van der Waals surface area contributed by atoms with E-state index in [4.69, 9.17) is 4.74 Å². The fraction of sp³-hybridized carbons (Fsp3) is 0.667. The smallest absolute Gasteiger partial charge is 0.323 e. The molecule has 1 N–H and O–H groups in total. The van der Waals surface area contributed by atoms with E-state index in [1.807, 2.05) is 37.1 Å². The zero-order valence-electron chi connectivity index (χ0n) is 18.7. The van der Waals surface area contributed by atoms with Crippen molar-refractivity contribution >= 4 is 11.9 Å². The molecule has 0 unspecified atom stereocenters. The summed E-state index contributed by atoms with van der Waals surface area (Å²) in [4.78, 5) is 27.5. The molecule has 1 aromatic rings. The Morgan fingerprint density at radius 3 is 2.59 bits per heavy atom. The number of carbonyl (C=O) groups excluding carboxylic acids is 2. The van der Waals surface area contributed by atoms with Crippen molar-refractivity contribution in [1.29, 1.82) is 0 Å². The number of benzene rings is 1. The molecule has 1 fully saturated rings. The van der Waals surface area contributed by atoms with Gasteiger partial charge in [0.1, 0.15) is 6.04 Å². The lowest BCUT2D eigenvalue weighted by molar-refractivity contribution is -0.146. The van der Waals surface area contributed by atoms with Crippen LogP contribution in [0.25, 0.3) is 0 Å². The molecule has 1 aliphatic rings. The number of aryl methyl sites for hydroxylation is 1. The molecule has 4 atom stereocenters. The van der Waals surface area contributed by atoms with Gasteiger partial charge in [0.2, 0.25) is 5.91 Å². The molecule has 1 amide bonds. The first-order valence-corrected chi connectivity index (χ1v) is 11.1. The Balaban J connectivity index is 2.02. The summed E-state index contributed by atoms with van der Waals surface area (Å²) in [5, 5.41) is 3.26. The number of nitrogens with zero attached hydrogens (tertiary/aromatic N) is 1. The van der Waals surface area contributed by atoms with Gasteiger partial charge in [-0.2, -0.15) is 0 Å². The van der Waals surface area contributed by atoms with Crippen LogP contribution in [0.3, 0.4) is 0 Å². The van der Waals surface area contributed by atoms with Crippen LogP contribution in [-0.4, -0.2) is 48.6 Å². The molecule has 2 rings (SSSR count). The zero-order chi connectivity index (χ0) is 21.4. The molecule has 1 aromatic carbocycles. The van der Waals surface area contributed by atoms with Crippen LogP contribution in [0.2, 0.25) is 0 Å². The second-order valence-electron chi connectivity index (χ2n) is 8.58. The highest BCUT2D eigenvalue weighted by Gasteiger charge is 2.42. The summed E-state index contributed by atoms with van der Waals surface area (Å²) in [6.45, 7) is 8.49. The number of hydrogen-bond acceptors (Lipinski definition) is 4. The molecule has 29 heavy (non-hydrogen) atoms. The van der Waals surface area contributed by atoms with Crippen molar-refractivity contribution in [2.75, 3.05) is 13.7 Å². The maximum atomic E-state index is 13.1. The van der Waals surface area contributed by atoms with Crippen molar-refractivity contribution in [2.45, 2.75) is 84.3 Å². The van der Waals surface area contributed by atoms with Crippen molar-refractivity contribution in [1.82, 2.24) is 10.2 Å². The first-order chi connectivity index (χ1) is 13.8. The van der Waals surface area contributed by atoms with Gasteiger partial charge in [0.05, 0.1) is 12.6 Å². The summed E-state index contributed by atoms with van der Waals surface area (Å²) in [6, 6.07) is 9.40. The monoisotopic (exact) mass is 402 g/mol. The van der Waals surface area contributed by atoms with Crippen molar-refractivity contribution in [3.05, 3.63) is 35.9 Å². The van der Waals surface area contributed by atoms with Gasteiger partial charge in [-0.25, -0.2) is 0 Å². The minimum Gasteiger partial charge on any atom is -0.465 e. The van der Waals surface area contributed by atoms with Crippen molar-refractivity contribution in [3.63, 3.8) is 0 Å². The predicted octanol–water partition coefficient (Wildman–Crippen LogP) is 3.96. The Morgan fingerprint density at radius 2 is 1.97 bits per heavy atom. The third-order valence-electron chi connectivity index (χ3n) is 6.61. The van der Waals surface area contributed by atoms with Crippen LogP contribution in [0.5, 0.6) is 0 Å². The summed E-state index contributed by atoms with van der Waals surface area (Å²) in [5.74, 6) is -0.240. The molecule has 1 saturated carbocycles. The maximum absolute atomic E-state index is 13.1. The van der Waals surface area contributed by atoms with Gasteiger partial charge in [0.25, 0.3) is 0 Å². The van der Waals surface area contributed by atoms with E-state index >= 15 is 0 Å². The number of carbonyl (C=O) groups is 2. The van der Waals surface area contributed by atoms with Gasteiger partial charge in [-0.3, -0.25) is 14.9 Å². The van der Waals surface area contributed by atoms with E-state index in [2.05, 4.69) is 31.3 Å². The van der Waals surface area contributed by atoms with Crippen molar-refractivity contribution < 1.29 is 14.3 Å². The second kappa shape index (κ2) is 10.8. The zero-order valence-corrected chi connectivity index (χ0v) is 18.7. The normalized spacial score (nSPS) is 23.4. The van der Waals surface area contributed by atoms with E-state index < -0.39 is 12.1 Å². The van der Waals surface area contributed by atoms with Gasteiger partial charge in [-0.15, -0.1) is 0 Å². The number of amides is 1. The Kier molecular flexibility index (Phi) is 8.69. The third-order valence-corrected chi connectivity index (χ3v) is 6.61. The van der Waals surface area contributed by atoms with E-state index in [-0.39, 0.29) is 23.3 Å². The molecule has 5 heteroatoms. The quantitative estimate of drug-likeness (QED) is 0.602. The Hall–Kier alpha value is -1.88. The molecule has 0 heterocycles. The average molecular weight is 403 g/mol. The molecule has 0 aliphatic heterocycles. The Bertz CT molecular complexity index is 663. The molecular formula is C24H38N2O3. The number of likely N-dealkylation sites (N-methyl/N-ethyl adjacent to an activating group) is 1. The van der Waals surface area contributed by atoms with E-state index in [0.717, 1.165) is 32.1 Å². The minimum atomic E-state index is -0.497. The Morgan fingerprint density at radius 1 is 1.28 bits per heavy atom. The first-order valence-electron chi connectivity index (χ1n) is 11.1. The molecule has 0 radical (unpaired) electrons. The highest BCUT2D eigenvalue weighted by atomic mass is 16.5. The van der Waals surface area contributed by atoms with Gasteiger partial charge in [0.15, 0.2) is 0 Å². The number of hydrogen-bond donors (Lipinski definition) is 1. The summed E-state index contributed by atoms with van der Waals surface area (Å²) < 4.78 is 5.26. The van der Waals surface area contributed by atoms with Crippen LogP contribution in [0.4, 0.5) is 0 Å². The van der Waals surface area contributed by atoms with Crippen LogP contribution in [-0.2, 0) is 20.7 Å². The molecule has 0 bridgehead atoms. The predicted molar refractivity (Wildman–Crippen MR) is 117 cm³/mol. The molecule has 1 aliphatic carbocycles. The third kappa shape index (κ3) is 6.05. The summed E-state index contributed by atoms with van der Waals surface area (Å²) in [6.07, 6.45) is 5.80. The minimum absolute atomic E-state index is 0.0468. The number of ether oxygens (including phenoxy) is 1. The number of rotatable bonds is 10. The first kappa shape index (κ1) is 23.4. The topological polar surface area (TPSA) is 58.6 Å². The molecule has 0 aromatic heterocycles. The highest BCUT2D eigenvalue weighted by Crippen LogP contribution is 2.43. The fourth-order valence-corrected chi connectivity index (χ4v) is 4.59. The lowest BCUT2D eigenvalue weighted by atomic mass is 9.81. The molecule has 162 valence electrons. The number of esters is 1. The SMILES string of the molecule is CCOC(=O)[C@H](CCc1ccccc1)N[C@@H](C)C(=O)N(C)[C@@H]1CCC[C@]1(C)CC. The van der Waals surface area contributed by atoms with Crippen LogP contribution in [0, 0.1) is 5.41 Å². The van der Waals surface area contributed by atoms with Gasteiger partial charge >= 0.3 is 5.97 Å². The summed E-state index contributed by atoms with van der Waals surface area (Å²) in [5.41, 5.74) is 1.35. The van der Waals surface area contributed by atoms with Gasteiger partial charge < -0.3 is 9.64 Å². The van der Waals surface area contributed by atoms with E-state index in [9.17, 15) is 9.59 Å². The van der Waals surface area contributed by atoms with Crippen LogP contribution in [0.15, 0.2) is 30.3 Å². The molecule has 0 saturated heterocycles. The summed E-state index contributed by atoms with van der Waals surface area (Å²) in [7, 11) is 1.91. The lowest BCUT2D eigenvalue weighted by Gasteiger charge is -2.38. The Labute approximate surface area is 176 Å². The van der Waals surface area contributed by atoms with Gasteiger partial charge in [0, 0.05) is 13.1 Å². The number of nitrogens with one attached hydrogen (secondary N) is 1. The van der Waals surface area contributed by atoms with Crippen molar-refractivity contribution in [2.24, 2.45) is 5.41 Å². The van der Waals surface area contributed by atoms with Crippen molar-refractivity contribution in [3.8, 4) is 0 Å². The second-order valence-corrected chi connectivity index (χ2v) is 8.58. The summed E-state index contributed by atoms with van der Waals surface area (Å²) >= 11 is 0. The van der Waals surface area contributed by atoms with E-state index in [1.165, 1.54) is 5.56 Å². The van der Waals surface area contributed by atoms with E-state index in [0.29, 0.717) is 13.0 Å². The molecule has 0 spiro atoms. The average Bonchev–Trinajstić information content (AvgIpc) is 3.12. The van der Waals surface area contributed by atoms with Gasteiger partial charge in [-0.1, -0.05) is 50.6 Å². The standard InChI is InChI=1S/C24H38N2O3/c1-6-24(4)17-11-14-21(24)26(5)22(27)18(3)25-20(23(28)29-7-2)16-15-19-12-9-8-10-13-19/h8-10,12-13,18,20-21,25H,6-7,11,14-17H2,1-5H3/t18-,20-,21+,24-/m0/s1. The van der Waals surface area contributed by atoms with E-state index in [1.54, 1.807) is 6.92 Å². The highest BCUT2D eigenvalue weighted by molar-refractivity contribution is 5.83. The largest absolute Gasteiger partial charge is 0.465 e. The van der Waals surface area contributed by atoms with Crippen LogP contribution >= 0.6 is 0 Å². The van der Waals surface area contributed by atoms with Crippen LogP contribution < -0.4 is 5.32 Å². The molecular weight excluding hydrogens is 364 g/mol. The maximum Gasteiger partial charge on any atom is 0.323 e. The van der Waals surface area contributed by atoms with Crippen LogP contribution in [0.1, 0.15) is 65.4 Å². The fourth-order valence-electron chi connectivity index (χ4n) is 4.59.